The summed E-state index contributed by atoms with van der Waals surface area (Å²) in [6.07, 6.45) is -2.49. The second kappa shape index (κ2) is 23.4. The number of hydrogen-bond acceptors (Lipinski definition) is 12. The lowest BCUT2D eigenvalue weighted by Gasteiger charge is -2.30. The summed E-state index contributed by atoms with van der Waals surface area (Å²) in [5.41, 5.74) is 6.21. The highest BCUT2D eigenvalue weighted by molar-refractivity contribution is 7.15. The Morgan fingerprint density at radius 3 is 2.38 bits per heavy atom. The highest BCUT2D eigenvalue weighted by Crippen LogP contribution is 2.40. The number of anilines is 2. The van der Waals surface area contributed by atoms with E-state index in [4.69, 9.17) is 30.8 Å². The zero-order chi connectivity index (χ0) is 50.9. The summed E-state index contributed by atoms with van der Waals surface area (Å²) in [4.78, 5) is 34.8. The van der Waals surface area contributed by atoms with E-state index in [1.165, 1.54) is 11.7 Å². The van der Waals surface area contributed by atoms with Gasteiger partial charge in [0, 0.05) is 56.8 Å². The molecule has 20 heteroatoms. The number of piperidine rings is 1. The van der Waals surface area contributed by atoms with Crippen LogP contribution in [0.1, 0.15) is 74.6 Å². The number of carbonyl (C=O) groups excluding carboxylic acids is 2. The Morgan fingerprint density at radius 2 is 1.65 bits per heavy atom. The molecule has 4 N–H and O–H groups in total. The van der Waals surface area contributed by atoms with Gasteiger partial charge in [-0.3, -0.25) is 19.1 Å². The van der Waals surface area contributed by atoms with Crippen molar-refractivity contribution in [3.63, 3.8) is 0 Å². The molecule has 0 bridgehead atoms. The van der Waals surface area contributed by atoms with Gasteiger partial charge in [0.2, 0.25) is 5.91 Å². The van der Waals surface area contributed by atoms with Crippen LogP contribution in [0.3, 0.4) is 0 Å². The molecule has 1 unspecified atom stereocenters. The first-order valence-corrected chi connectivity index (χ1v) is 25.0. The molecule has 1 saturated heterocycles. The van der Waals surface area contributed by atoms with E-state index in [-0.39, 0.29) is 76.0 Å². The minimum atomic E-state index is -4.44. The van der Waals surface area contributed by atoms with E-state index < -0.39 is 18.8 Å². The fourth-order valence-electron chi connectivity index (χ4n) is 8.79. The Kier molecular flexibility index (Phi) is 16.9. The van der Waals surface area contributed by atoms with Gasteiger partial charge in [-0.25, -0.2) is 0 Å². The zero-order valence-corrected chi connectivity index (χ0v) is 42.4. The SMILES string of the molecule is COc1cc(C(=O)NCCOCCOCCNC(=O)CC2N=C(c3ccc(Cl)cc3)c3c(sc(C)c3C)-n3c(C)nnc32)ccc1NCC#Cc1cc2c(NC3CCN(C)CC3)cccc2n1CC(F)(F)F. The number of nitrogens with one attached hydrogen (secondary N) is 4. The first-order valence-electron chi connectivity index (χ1n) is 23.8. The van der Waals surface area contributed by atoms with Gasteiger partial charge in [-0.05, 0) is 114 Å². The number of likely N-dealkylation sites (tertiary alicyclic amines) is 1. The van der Waals surface area contributed by atoms with Crippen LogP contribution in [0.5, 0.6) is 5.75 Å². The Labute approximate surface area is 425 Å². The number of nitrogens with zero attached hydrogens (tertiary/aromatic N) is 6. The molecular weight excluding hydrogens is 969 g/mol. The predicted octanol–water partition coefficient (Wildman–Crippen LogP) is 8.26. The summed E-state index contributed by atoms with van der Waals surface area (Å²) in [7, 11) is 3.56. The van der Waals surface area contributed by atoms with E-state index in [1.807, 2.05) is 41.8 Å². The number of benzene rings is 3. The van der Waals surface area contributed by atoms with Gasteiger partial charge >= 0.3 is 6.18 Å². The summed E-state index contributed by atoms with van der Waals surface area (Å²) in [6.45, 7) is 8.52. The molecule has 6 aromatic rings. The number of aliphatic imine (C=N–C) groups is 1. The molecule has 0 radical (unpaired) electrons. The average molecular weight is 1030 g/mol. The van der Waals surface area contributed by atoms with Crippen LogP contribution in [0, 0.1) is 32.6 Å². The molecule has 1 fully saturated rings. The number of rotatable bonds is 19. The summed E-state index contributed by atoms with van der Waals surface area (Å²) in [6, 6.07) is 19.2. The van der Waals surface area contributed by atoms with Crippen LogP contribution in [0.2, 0.25) is 5.02 Å². The van der Waals surface area contributed by atoms with Crippen LogP contribution in [0.4, 0.5) is 24.5 Å². The number of thiophene rings is 1. The van der Waals surface area contributed by atoms with E-state index >= 15 is 0 Å². The molecule has 2 amide bonds. The van der Waals surface area contributed by atoms with Gasteiger partial charge in [0.15, 0.2) is 5.82 Å². The minimum Gasteiger partial charge on any atom is -0.495 e. The largest absolute Gasteiger partial charge is 0.495 e. The van der Waals surface area contributed by atoms with Crippen molar-refractivity contribution in [1.82, 2.24) is 34.9 Å². The fourth-order valence-corrected chi connectivity index (χ4v) is 10.1. The topological polar surface area (TPSA) is 161 Å². The van der Waals surface area contributed by atoms with Gasteiger partial charge in [0.25, 0.3) is 5.91 Å². The zero-order valence-electron chi connectivity index (χ0n) is 40.8. The summed E-state index contributed by atoms with van der Waals surface area (Å²) in [5, 5.41) is 23.6. The molecule has 380 valence electrons. The highest BCUT2D eigenvalue weighted by atomic mass is 35.5. The number of hydrogen-bond donors (Lipinski definition) is 4. The van der Waals surface area contributed by atoms with Crippen LogP contribution < -0.4 is 26.0 Å². The molecule has 8 rings (SSSR count). The highest BCUT2D eigenvalue weighted by Gasteiger charge is 2.33. The maximum atomic E-state index is 13.8. The van der Waals surface area contributed by atoms with E-state index in [9.17, 15) is 22.8 Å². The molecule has 2 aliphatic heterocycles. The molecule has 3 aromatic carbocycles. The number of fused-ring (bicyclic) bond motifs is 4. The van der Waals surface area contributed by atoms with E-state index in [1.54, 1.807) is 47.7 Å². The van der Waals surface area contributed by atoms with Crippen LogP contribution in [-0.4, -0.2) is 127 Å². The number of alkyl halides is 3. The normalized spacial score (nSPS) is 15.0. The third-order valence-electron chi connectivity index (χ3n) is 12.6. The average Bonchev–Trinajstić information content (AvgIpc) is 3.98. The lowest BCUT2D eigenvalue weighted by atomic mass is 9.99. The van der Waals surface area contributed by atoms with Gasteiger partial charge in [0.1, 0.15) is 29.2 Å². The smallest absolute Gasteiger partial charge is 0.406 e. The Morgan fingerprint density at radius 1 is 0.917 bits per heavy atom. The first-order chi connectivity index (χ1) is 34.7. The molecule has 1 atom stereocenters. The van der Waals surface area contributed by atoms with Crippen molar-refractivity contribution in [2.45, 2.75) is 64.8 Å². The number of ether oxygens (including phenoxy) is 3. The molecule has 0 spiro atoms. The fraction of sp³-hybridized carbons (Fsp3) is 0.404. The van der Waals surface area contributed by atoms with Crippen molar-refractivity contribution in [2.75, 3.05) is 83.9 Å². The first kappa shape index (κ1) is 51.9. The van der Waals surface area contributed by atoms with Crippen molar-refractivity contribution in [2.24, 2.45) is 4.99 Å². The monoisotopic (exact) mass is 1030 g/mol. The van der Waals surface area contributed by atoms with Gasteiger partial charge < -0.3 is 44.9 Å². The Hall–Kier alpha value is -6.43. The number of carbonyl (C=O) groups is 2. The second-order valence-corrected chi connectivity index (χ2v) is 19.3. The number of amides is 2. The van der Waals surface area contributed by atoms with Gasteiger partial charge in [-0.15, -0.1) is 21.5 Å². The summed E-state index contributed by atoms with van der Waals surface area (Å²) < 4.78 is 61.5. The van der Waals surface area contributed by atoms with Crippen molar-refractivity contribution in [3.8, 4) is 22.6 Å². The minimum absolute atomic E-state index is 0.0611. The van der Waals surface area contributed by atoms with Crippen LogP contribution in [-0.2, 0) is 20.8 Å². The molecule has 0 saturated carbocycles. The number of aromatic nitrogens is 4. The predicted molar refractivity (Wildman–Crippen MR) is 275 cm³/mol. The van der Waals surface area contributed by atoms with E-state index in [0.717, 1.165) is 63.9 Å². The number of methoxy groups -OCH3 is 1. The lowest BCUT2D eigenvalue weighted by Crippen LogP contribution is -2.36. The molecular formula is C52H58ClF3N10O5S. The maximum Gasteiger partial charge on any atom is 0.406 e. The second-order valence-electron chi connectivity index (χ2n) is 17.7. The van der Waals surface area contributed by atoms with Crippen molar-refractivity contribution >= 4 is 62.7 Å². The van der Waals surface area contributed by atoms with Crippen molar-refractivity contribution in [1.29, 1.82) is 0 Å². The third-order valence-corrected chi connectivity index (χ3v) is 14.1. The molecule has 3 aromatic heterocycles. The van der Waals surface area contributed by atoms with Crippen LogP contribution in [0.25, 0.3) is 15.9 Å². The number of aryl methyl sites for hydroxylation is 2. The molecule has 15 nitrogen and oxygen atoms in total. The van der Waals surface area contributed by atoms with Gasteiger partial charge in [-0.1, -0.05) is 35.7 Å². The molecule has 2 aliphatic rings. The number of halogens is 4. The van der Waals surface area contributed by atoms with Gasteiger partial charge in [0.05, 0.1) is 69.1 Å². The van der Waals surface area contributed by atoms with E-state index in [2.05, 4.69) is 69.1 Å². The van der Waals surface area contributed by atoms with E-state index in [0.29, 0.717) is 44.6 Å². The standard InChI is InChI=1S/C52H58ClF3N10O5S/c1-32-33(2)72-51-47(32)48(35-11-14-37(53)15-12-35)61-43(49-63-62-34(3)66(49)51)30-46(67)58-20-24-70-26-27-71-25-21-59-50(68)36-13-16-42(45(28-36)69-5)57-19-7-8-39-29-40-41(60-38-17-22-64(4)23-18-38)9-6-10-44(40)65(39)31-52(54,55)56/h6,9-16,28-29,38,43,57,60H,17-27,30-31H2,1-5H3,(H,58,67)(H,59,68). The lowest BCUT2D eigenvalue weighted by molar-refractivity contribution is -0.140. The quantitative estimate of drug-likeness (QED) is 0.0460. The van der Waals surface area contributed by atoms with Crippen LogP contribution >= 0.6 is 22.9 Å². The van der Waals surface area contributed by atoms with Crippen molar-refractivity contribution in [3.05, 3.63) is 116 Å². The molecule has 0 aliphatic carbocycles. The molecule has 72 heavy (non-hydrogen) atoms. The maximum absolute atomic E-state index is 13.8. The molecule has 5 heterocycles. The summed E-state index contributed by atoms with van der Waals surface area (Å²) in [5.74, 6) is 7.09. The Bertz CT molecular complexity index is 2990. The summed E-state index contributed by atoms with van der Waals surface area (Å²) >= 11 is 7.88. The van der Waals surface area contributed by atoms with Crippen molar-refractivity contribution < 1.29 is 37.0 Å². The van der Waals surface area contributed by atoms with Crippen LogP contribution in [0.15, 0.2) is 71.7 Å². The third kappa shape index (κ3) is 12.6. The van der Waals surface area contributed by atoms with Gasteiger partial charge in [-0.2, -0.15) is 13.2 Å². The Balaban J connectivity index is 0.759.